The van der Waals surface area contributed by atoms with Gasteiger partial charge in [-0.25, -0.2) is 5.01 Å². The Morgan fingerprint density at radius 2 is 2.18 bits per heavy atom. The van der Waals surface area contributed by atoms with E-state index in [1.807, 2.05) is 11.5 Å². The number of fused-ring (bicyclic) bond motifs is 1. The lowest BCUT2D eigenvalue weighted by atomic mass is 10.2. The SMILES string of the molecule is Cc1noc(-c2nnc3n2CCN(N)[C@H]3C)n1. The molecule has 2 aromatic rings. The molecule has 0 spiro atoms. The van der Waals surface area contributed by atoms with E-state index in [1.54, 1.807) is 11.9 Å². The lowest BCUT2D eigenvalue weighted by molar-refractivity contribution is 0.168. The summed E-state index contributed by atoms with van der Waals surface area (Å²) >= 11 is 0. The van der Waals surface area contributed by atoms with Crippen molar-refractivity contribution in [3.63, 3.8) is 0 Å². The first-order valence-corrected chi connectivity index (χ1v) is 5.42. The Morgan fingerprint density at radius 3 is 2.88 bits per heavy atom. The summed E-state index contributed by atoms with van der Waals surface area (Å²) in [5.41, 5.74) is 0. The molecule has 0 amide bonds. The van der Waals surface area contributed by atoms with Crippen LogP contribution in [0.15, 0.2) is 4.52 Å². The second-order valence-electron chi connectivity index (χ2n) is 4.09. The second-order valence-corrected chi connectivity index (χ2v) is 4.09. The van der Waals surface area contributed by atoms with Gasteiger partial charge in [-0.1, -0.05) is 5.16 Å². The molecule has 0 saturated carbocycles. The topological polar surface area (TPSA) is 98.9 Å². The highest BCUT2D eigenvalue weighted by molar-refractivity contribution is 5.40. The van der Waals surface area contributed by atoms with Gasteiger partial charge in [0.1, 0.15) is 0 Å². The number of aromatic nitrogens is 5. The van der Waals surface area contributed by atoms with Crippen molar-refractivity contribution in [2.75, 3.05) is 6.54 Å². The van der Waals surface area contributed by atoms with Gasteiger partial charge in [0.25, 0.3) is 5.89 Å². The van der Waals surface area contributed by atoms with Crippen LogP contribution < -0.4 is 5.84 Å². The predicted octanol–water partition coefficient (Wildman–Crippen LogP) is -0.113. The Morgan fingerprint density at radius 1 is 1.35 bits per heavy atom. The number of nitrogens with two attached hydrogens (primary N) is 1. The summed E-state index contributed by atoms with van der Waals surface area (Å²) in [6.07, 6.45) is 0. The minimum absolute atomic E-state index is 0.0361. The molecule has 0 bridgehead atoms. The average molecular weight is 235 g/mol. The molecule has 0 saturated heterocycles. The smallest absolute Gasteiger partial charge is 0.295 e. The lowest BCUT2D eigenvalue weighted by Gasteiger charge is -2.29. The Kier molecular flexibility index (Phi) is 2.20. The van der Waals surface area contributed by atoms with E-state index in [-0.39, 0.29) is 6.04 Å². The number of hydrogen-bond acceptors (Lipinski definition) is 7. The van der Waals surface area contributed by atoms with Gasteiger partial charge in [-0.15, -0.1) is 10.2 Å². The van der Waals surface area contributed by atoms with Crippen molar-refractivity contribution in [1.82, 2.24) is 29.9 Å². The largest absolute Gasteiger partial charge is 0.330 e. The van der Waals surface area contributed by atoms with Crippen molar-refractivity contribution in [3.05, 3.63) is 11.6 Å². The van der Waals surface area contributed by atoms with Gasteiger partial charge in [-0.2, -0.15) is 4.98 Å². The molecular formula is C9H13N7O. The molecule has 17 heavy (non-hydrogen) atoms. The van der Waals surface area contributed by atoms with Gasteiger partial charge in [-0.3, -0.25) is 5.84 Å². The van der Waals surface area contributed by atoms with Gasteiger partial charge in [0.2, 0.25) is 5.82 Å². The molecule has 2 N–H and O–H groups in total. The van der Waals surface area contributed by atoms with E-state index in [2.05, 4.69) is 20.3 Å². The van der Waals surface area contributed by atoms with Gasteiger partial charge in [-0.05, 0) is 13.8 Å². The minimum atomic E-state index is 0.0361. The number of nitrogens with zero attached hydrogens (tertiary/aromatic N) is 6. The number of hydrazine groups is 1. The van der Waals surface area contributed by atoms with E-state index < -0.39 is 0 Å². The molecule has 1 aliphatic heterocycles. The van der Waals surface area contributed by atoms with Crippen molar-refractivity contribution < 1.29 is 4.52 Å². The highest BCUT2D eigenvalue weighted by Crippen LogP contribution is 2.25. The van der Waals surface area contributed by atoms with Crippen molar-refractivity contribution in [3.8, 4) is 11.7 Å². The number of rotatable bonds is 1. The maximum absolute atomic E-state index is 5.85. The van der Waals surface area contributed by atoms with E-state index in [0.29, 0.717) is 17.5 Å². The van der Waals surface area contributed by atoms with Crippen LogP contribution in [0.1, 0.15) is 24.6 Å². The van der Waals surface area contributed by atoms with Crippen LogP contribution in [-0.4, -0.2) is 36.5 Å². The summed E-state index contributed by atoms with van der Waals surface area (Å²) in [4.78, 5) is 4.16. The average Bonchev–Trinajstić information content (AvgIpc) is 2.89. The van der Waals surface area contributed by atoms with E-state index in [4.69, 9.17) is 10.4 Å². The van der Waals surface area contributed by atoms with Crippen molar-refractivity contribution in [2.45, 2.75) is 26.4 Å². The Balaban J connectivity index is 2.07. The molecule has 8 heteroatoms. The van der Waals surface area contributed by atoms with Crippen LogP contribution in [0, 0.1) is 6.92 Å². The summed E-state index contributed by atoms with van der Waals surface area (Å²) in [6, 6.07) is 0.0361. The minimum Gasteiger partial charge on any atom is -0.330 e. The predicted molar refractivity (Wildman–Crippen MR) is 57.4 cm³/mol. The zero-order chi connectivity index (χ0) is 12.0. The summed E-state index contributed by atoms with van der Waals surface area (Å²) < 4.78 is 7.08. The van der Waals surface area contributed by atoms with Crippen LogP contribution in [0.25, 0.3) is 11.7 Å². The van der Waals surface area contributed by atoms with Crippen LogP contribution in [0.5, 0.6) is 0 Å². The van der Waals surface area contributed by atoms with E-state index >= 15 is 0 Å². The van der Waals surface area contributed by atoms with Crippen LogP contribution in [0.2, 0.25) is 0 Å². The third kappa shape index (κ3) is 1.53. The first-order chi connectivity index (χ1) is 8.16. The molecule has 1 aliphatic rings. The summed E-state index contributed by atoms with van der Waals surface area (Å²) in [6.45, 7) is 5.22. The Labute approximate surface area is 97.4 Å². The summed E-state index contributed by atoms with van der Waals surface area (Å²) in [7, 11) is 0. The molecule has 0 radical (unpaired) electrons. The zero-order valence-electron chi connectivity index (χ0n) is 9.66. The van der Waals surface area contributed by atoms with E-state index in [0.717, 1.165) is 18.9 Å². The fourth-order valence-corrected chi connectivity index (χ4v) is 1.95. The quantitative estimate of drug-likeness (QED) is 0.688. The first-order valence-electron chi connectivity index (χ1n) is 5.42. The van der Waals surface area contributed by atoms with Crippen LogP contribution in [-0.2, 0) is 6.54 Å². The van der Waals surface area contributed by atoms with Gasteiger partial charge >= 0.3 is 0 Å². The molecule has 0 unspecified atom stereocenters. The van der Waals surface area contributed by atoms with Crippen molar-refractivity contribution in [2.24, 2.45) is 5.84 Å². The van der Waals surface area contributed by atoms with Crippen LogP contribution in [0.4, 0.5) is 0 Å². The first kappa shape index (κ1) is 10.4. The zero-order valence-corrected chi connectivity index (χ0v) is 9.66. The molecule has 90 valence electrons. The van der Waals surface area contributed by atoms with Gasteiger partial charge in [0.05, 0.1) is 6.04 Å². The molecule has 3 rings (SSSR count). The molecule has 0 aromatic carbocycles. The van der Waals surface area contributed by atoms with E-state index in [9.17, 15) is 0 Å². The van der Waals surface area contributed by atoms with Gasteiger partial charge < -0.3 is 9.09 Å². The fourth-order valence-electron chi connectivity index (χ4n) is 1.95. The highest BCUT2D eigenvalue weighted by Gasteiger charge is 2.28. The van der Waals surface area contributed by atoms with Crippen molar-refractivity contribution in [1.29, 1.82) is 0 Å². The maximum Gasteiger partial charge on any atom is 0.295 e. The molecule has 8 nitrogen and oxygen atoms in total. The maximum atomic E-state index is 5.85. The van der Waals surface area contributed by atoms with Gasteiger partial charge in [0.15, 0.2) is 11.6 Å². The molecule has 0 fully saturated rings. The molecule has 3 heterocycles. The Hall–Kier alpha value is -1.80. The highest BCUT2D eigenvalue weighted by atomic mass is 16.5. The number of aryl methyl sites for hydroxylation is 1. The van der Waals surface area contributed by atoms with Crippen LogP contribution >= 0.6 is 0 Å². The molecule has 0 aliphatic carbocycles. The standard InChI is InChI=1S/C9H13N7O/c1-5-7-12-13-8(9-11-6(2)14-17-9)15(7)3-4-16(5)10/h5H,3-4,10H2,1-2H3/t5-/m0/s1. The molecular weight excluding hydrogens is 222 g/mol. The van der Waals surface area contributed by atoms with Crippen molar-refractivity contribution >= 4 is 0 Å². The molecule has 2 aromatic heterocycles. The lowest BCUT2D eigenvalue weighted by Crippen LogP contribution is -2.41. The monoisotopic (exact) mass is 235 g/mol. The number of hydrogen-bond donors (Lipinski definition) is 1. The third-order valence-corrected chi connectivity index (χ3v) is 2.95. The van der Waals surface area contributed by atoms with Crippen LogP contribution in [0.3, 0.4) is 0 Å². The second kappa shape index (κ2) is 3.60. The Bertz CT molecular complexity index is 545. The molecule has 1 atom stereocenters. The van der Waals surface area contributed by atoms with E-state index in [1.165, 1.54) is 0 Å². The fraction of sp³-hybridized carbons (Fsp3) is 0.556. The summed E-state index contributed by atoms with van der Waals surface area (Å²) in [5, 5.41) is 13.7. The normalized spacial score (nSPS) is 20.5. The summed E-state index contributed by atoms with van der Waals surface area (Å²) in [5.74, 6) is 8.27. The third-order valence-electron chi connectivity index (χ3n) is 2.95. The van der Waals surface area contributed by atoms with Gasteiger partial charge in [0, 0.05) is 13.1 Å².